The Bertz CT molecular complexity index is 746. The maximum Gasteiger partial charge on any atom is 0.254 e. The smallest absolute Gasteiger partial charge is 0.254 e. The number of hydrogen-bond donors (Lipinski definition) is 1. The van der Waals surface area contributed by atoms with E-state index in [2.05, 4.69) is 30.3 Å². The van der Waals surface area contributed by atoms with Crippen molar-refractivity contribution in [3.05, 3.63) is 71.5 Å². The summed E-state index contributed by atoms with van der Waals surface area (Å²) >= 11 is 0. The summed E-state index contributed by atoms with van der Waals surface area (Å²) in [6.07, 6.45) is 5.11. The van der Waals surface area contributed by atoms with Gasteiger partial charge in [-0.3, -0.25) is 4.79 Å². The summed E-state index contributed by atoms with van der Waals surface area (Å²) in [5, 5.41) is 0. The number of carbonyl (C=O) groups excluding carboxylic acids is 1. The van der Waals surface area contributed by atoms with Crippen LogP contribution in [0.15, 0.2) is 54.6 Å². The van der Waals surface area contributed by atoms with Crippen LogP contribution < -0.4 is 4.90 Å². The second kappa shape index (κ2) is 8.22. The molecule has 0 radical (unpaired) electrons. The summed E-state index contributed by atoms with van der Waals surface area (Å²) in [4.78, 5) is 16.2. The number of hydrogen-bond acceptors (Lipinski definition) is 1. The van der Waals surface area contributed by atoms with Crippen LogP contribution in [0.25, 0.3) is 0 Å². The van der Waals surface area contributed by atoms with E-state index in [1.165, 1.54) is 43.4 Å². The van der Waals surface area contributed by atoms with Gasteiger partial charge in [-0.05, 0) is 61.4 Å². The standard InChI is InChI=1S/C23H27FN2O/c24-21-10-6-20(7-11-21)23(27)26-16-14-25(15-17-26)22-12-8-19(9-13-22)18-4-2-1-3-5-18/h1-7,10-11,19,22H,8-9,12-17H2/p+1. The molecule has 0 atom stereocenters. The summed E-state index contributed by atoms with van der Waals surface area (Å²) in [6, 6.07) is 17.5. The third-order valence-corrected chi connectivity index (χ3v) is 6.36. The molecule has 0 spiro atoms. The Morgan fingerprint density at radius 2 is 1.52 bits per heavy atom. The minimum absolute atomic E-state index is 0.0295. The molecule has 2 fully saturated rings. The fourth-order valence-corrected chi connectivity index (χ4v) is 4.74. The Hall–Kier alpha value is -2.20. The molecule has 4 heteroatoms. The molecule has 0 bridgehead atoms. The lowest BCUT2D eigenvalue weighted by Gasteiger charge is -2.39. The van der Waals surface area contributed by atoms with E-state index in [0.29, 0.717) is 11.5 Å². The first-order valence-electron chi connectivity index (χ1n) is 10.1. The highest BCUT2D eigenvalue weighted by Gasteiger charge is 2.33. The topological polar surface area (TPSA) is 24.8 Å². The zero-order valence-corrected chi connectivity index (χ0v) is 15.7. The number of amides is 1. The van der Waals surface area contributed by atoms with Crippen molar-refractivity contribution in [2.75, 3.05) is 26.2 Å². The van der Waals surface area contributed by atoms with Gasteiger partial charge in [0.25, 0.3) is 5.91 Å². The molecule has 1 heterocycles. The van der Waals surface area contributed by atoms with Gasteiger partial charge in [-0.1, -0.05) is 30.3 Å². The summed E-state index contributed by atoms with van der Waals surface area (Å²) in [5.74, 6) is 0.442. The van der Waals surface area contributed by atoms with Gasteiger partial charge in [0, 0.05) is 5.56 Å². The number of piperazine rings is 1. The van der Waals surface area contributed by atoms with Gasteiger partial charge in [0.1, 0.15) is 5.82 Å². The van der Waals surface area contributed by atoms with Crippen LogP contribution in [0.5, 0.6) is 0 Å². The Balaban J connectivity index is 1.27. The van der Waals surface area contributed by atoms with Gasteiger partial charge >= 0.3 is 0 Å². The first kappa shape index (κ1) is 18.2. The Labute approximate surface area is 160 Å². The van der Waals surface area contributed by atoms with Crippen LogP contribution >= 0.6 is 0 Å². The van der Waals surface area contributed by atoms with E-state index >= 15 is 0 Å². The summed E-state index contributed by atoms with van der Waals surface area (Å²) in [5.41, 5.74) is 2.07. The van der Waals surface area contributed by atoms with Crippen LogP contribution in [0.4, 0.5) is 4.39 Å². The molecule has 1 saturated heterocycles. The van der Waals surface area contributed by atoms with Gasteiger partial charge in [0.05, 0.1) is 32.2 Å². The zero-order chi connectivity index (χ0) is 18.6. The highest BCUT2D eigenvalue weighted by molar-refractivity contribution is 5.94. The van der Waals surface area contributed by atoms with Crippen LogP contribution in [0.3, 0.4) is 0 Å². The molecule has 27 heavy (non-hydrogen) atoms. The predicted octanol–water partition coefficient (Wildman–Crippen LogP) is 2.89. The van der Waals surface area contributed by atoms with Crippen LogP contribution in [0, 0.1) is 5.82 Å². The largest absolute Gasteiger partial charge is 0.330 e. The van der Waals surface area contributed by atoms with Crippen molar-refractivity contribution in [3.8, 4) is 0 Å². The lowest BCUT2D eigenvalue weighted by atomic mass is 9.81. The molecule has 1 aliphatic heterocycles. The lowest BCUT2D eigenvalue weighted by molar-refractivity contribution is -0.930. The van der Waals surface area contributed by atoms with Crippen LogP contribution in [-0.4, -0.2) is 43.0 Å². The Morgan fingerprint density at radius 3 is 2.15 bits per heavy atom. The highest BCUT2D eigenvalue weighted by Crippen LogP contribution is 2.31. The van der Waals surface area contributed by atoms with Gasteiger partial charge in [0.15, 0.2) is 0 Å². The second-order valence-corrected chi connectivity index (χ2v) is 7.92. The quantitative estimate of drug-likeness (QED) is 0.887. The third-order valence-electron chi connectivity index (χ3n) is 6.36. The molecular weight excluding hydrogens is 339 g/mol. The number of rotatable bonds is 3. The molecule has 4 rings (SSSR count). The van der Waals surface area contributed by atoms with Crippen molar-refractivity contribution in [3.63, 3.8) is 0 Å². The van der Waals surface area contributed by atoms with Crippen LogP contribution in [0.2, 0.25) is 0 Å². The van der Waals surface area contributed by atoms with E-state index in [0.717, 1.165) is 32.2 Å². The molecule has 2 aromatic carbocycles. The SMILES string of the molecule is O=C(c1ccc(F)cc1)N1CC[NH+](C2CCC(c3ccccc3)CC2)CC1. The van der Waals surface area contributed by atoms with Crippen molar-refractivity contribution >= 4 is 5.91 Å². The molecule has 1 saturated carbocycles. The zero-order valence-electron chi connectivity index (χ0n) is 15.7. The van der Waals surface area contributed by atoms with Gasteiger partial charge in [0.2, 0.25) is 0 Å². The second-order valence-electron chi connectivity index (χ2n) is 7.92. The summed E-state index contributed by atoms with van der Waals surface area (Å²) in [6.45, 7) is 3.63. The van der Waals surface area contributed by atoms with E-state index in [1.54, 1.807) is 17.0 Å². The first-order valence-corrected chi connectivity index (χ1v) is 10.1. The summed E-state index contributed by atoms with van der Waals surface area (Å²) in [7, 11) is 0. The fraction of sp³-hybridized carbons (Fsp3) is 0.435. The number of nitrogens with zero attached hydrogens (tertiary/aromatic N) is 1. The Morgan fingerprint density at radius 1 is 0.889 bits per heavy atom. The van der Waals surface area contributed by atoms with Crippen molar-refractivity contribution in [2.24, 2.45) is 0 Å². The third kappa shape index (κ3) is 4.22. The molecular formula is C23H28FN2O+. The predicted molar refractivity (Wildman–Crippen MR) is 104 cm³/mol. The van der Waals surface area contributed by atoms with Gasteiger partial charge in [-0.2, -0.15) is 0 Å². The number of nitrogens with one attached hydrogen (secondary N) is 1. The van der Waals surface area contributed by atoms with E-state index in [1.807, 2.05) is 4.90 Å². The maximum absolute atomic E-state index is 13.1. The van der Waals surface area contributed by atoms with Gasteiger partial charge in [-0.15, -0.1) is 0 Å². The molecule has 142 valence electrons. The number of benzene rings is 2. The lowest BCUT2D eigenvalue weighted by Crippen LogP contribution is -3.18. The first-order chi connectivity index (χ1) is 13.2. The minimum Gasteiger partial charge on any atom is -0.330 e. The van der Waals surface area contributed by atoms with Crippen LogP contribution in [-0.2, 0) is 0 Å². The van der Waals surface area contributed by atoms with E-state index in [4.69, 9.17) is 0 Å². The average Bonchev–Trinajstić information content (AvgIpc) is 2.75. The van der Waals surface area contributed by atoms with E-state index in [9.17, 15) is 9.18 Å². The van der Waals surface area contributed by atoms with Gasteiger partial charge < -0.3 is 9.80 Å². The van der Waals surface area contributed by atoms with Crippen molar-refractivity contribution in [1.29, 1.82) is 0 Å². The van der Waals surface area contributed by atoms with Crippen LogP contribution in [0.1, 0.15) is 47.5 Å². The number of halogens is 1. The molecule has 3 nitrogen and oxygen atoms in total. The molecule has 1 aliphatic carbocycles. The molecule has 1 amide bonds. The number of quaternary nitrogens is 1. The molecule has 2 aliphatic rings. The average molecular weight is 367 g/mol. The highest BCUT2D eigenvalue weighted by atomic mass is 19.1. The van der Waals surface area contributed by atoms with Crippen molar-refractivity contribution < 1.29 is 14.1 Å². The van der Waals surface area contributed by atoms with Gasteiger partial charge in [-0.25, -0.2) is 4.39 Å². The molecule has 2 aromatic rings. The normalized spacial score (nSPS) is 24.0. The number of carbonyl (C=O) groups is 1. The summed E-state index contributed by atoms with van der Waals surface area (Å²) < 4.78 is 13.1. The monoisotopic (exact) mass is 367 g/mol. The van der Waals surface area contributed by atoms with E-state index in [-0.39, 0.29) is 11.7 Å². The molecule has 0 aromatic heterocycles. The minimum atomic E-state index is -0.299. The molecule has 1 N–H and O–H groups in total. The fourth-order valence-electron chi connectivity index (χ4n) is 4.74. The van der Waals surface area contributed by atoms with Crippen molar-refractivity contribution in [2.45, 2.75) is 37.6 Å². The Kier molecular flexibility index (Phi) is 5.53. The van der Waals surface area contributed by atoms with Crippen molar-refractivity contribution in [1.82, 2.24) is 4.90 Å². The van der Waals surface area contributed by atoms with E-state index < -0.39 is 0 Å². The maximum atomic E-state index is 13.1. The molecule has 0 unspecified atom stereocenters.